The van der Waals surface area contributed by atoms with Crippen LogP contribution >= 0.6 is 23.2 Å². The maximum atomic E-state index is 13.7. The van der Waals surface area contributed by atoms with Crippen LogP contribution in [0.25, 0.3) is 10.1 Å². The van der Waals surface area contributed by atoms with Crippen molar-refractivity contribution in [2.75, 3.05) is 14.2 Å². The first kappa shape index (κ1) is 19.9. The summed E-state index contributed by atoms with van der Waals surface area (Å²) in [5.74, 6) is -1.62. The molecule has 0 spiro atoms. The van der Waals surface area contributed by atoms with Gasteiger partial charge in [-0.1, -0.05) is 23.2 Å². The zero-order valence-electron chi connectivity index (χ0n) is 13.9. The number of carbonyl (C=O) groups is 1. The van der Waals surface area contributed by atoms with Gasteiger partial charge >= 0.3 is 0 Å². The lowest BCUT2D eigenvalue weighted by Gasteiger charge is -2.05. The first-order chi connectivity index (χ1) is 12.3. The van der Waals surface area contributed by atoms with Crippen LogP contribution in [0.4, 0.5) is 8.78 Å². The van der Waals surface area contributed by atoms with Gasteiger partial charge in [-0.15, -0.1) is 0 Å². The molecule has 7 heteroatoms. The summed E-state index contributed by atoms with van der Waals surface area (Å²) in [5.41, 5.74) is 0.608. The summed E-state index contributed by atoms with van der Waals surface area (Å²) in [4.78, 5) is 12.1. The van der Waals surface area contributed by atoms with Crippen LogP contribution in [0.2, 0.25) is 0 Å². The number of rotatable bonds is 6. The fourth-order valence-electron chi connectivity index (χ4n) is 2.09. The van der Waals surface area contributed by atoms with Crippen molar-refractivity contribution in [1.29, 1.82) is 0 Å². The Kier molecular flexibility index (Phi) is 6.77. The van der Waals surface area contributed by atoms with Gasteiger partial charge in [-0.05, 0) is 47.5 Å². The average molecular weight is 399 g/mol. The van der Waals surface area contributed by atoms with Gasteiger partial charge in [0, 0.05) is 12.2 Å². The van der Waals surface area contributed by atoms with E-state index < -0.39 is 17.4 Å². The summed E-state index contributed by atoms with van der Waals surface area (Å²) >= 11 is 12.1. The zero-order chi connectivity index (χ0) is 19.3. The molecule has 2 rings (SSSR count). The lowest BCUT2D eigenvalue weighted by Crippen LogP contribution is -1.93. The van der Waals surface area contributed by atoms with E-state index in [1.165, 1.54) is 38.5 Å². The highest BCUT2D eigenvalue weighted by atomic mass is 35.5. The van der Waals surface area contributed by atoms with Gasteiger partial charge in [-0.25, -0.2) is 8.78 Å². The van der Waals surface area contributed by atoms with Crippen molar-refractivity contribution in [2.24, 2.45) is 0 Å². The van der Waals surface area contributed by atoms with Crippen LogP contribution in [-0.2, 0) is 4.79 Å². The van der Waals surface area contributed by atoms with E-state index in [1.807, 2.05) is 0 Å². The van der Waals surface area contributed by atoms with Gasteiger partial charge in [-0.3, -0.25) is 4.79 Å². The molecule has 0 heterocycles. The van der Waals surface area contributed by atoms with Crippen molar-refractivity contribution in [3.63, 3.8) is 0 Å². The predicted molar refractivity (Wildman–Crippen MR) is 98.6 cm³/mol. The Labute approximate surface area is 159 Å². The van der Waals surface area contributed by atoms with Gasteiger partial charge in [0.15, 0.2) is 28.9 Å². The molecule has 26 heavy (non-hydrogen) atoms. The molecule has 0 aromatic heterocycles. The van der Waals surface area contributed by atoms with Crippen LogP contribution in [-0.4, -0.2) is 20.0 Å². The predicted octanol–water partition coefficient (Wildman–Crippen LogP) is 5.41. The van der Waals surface area contributed by atoms with Crippen LogP contribution in [0.15, 0.2) is 48.6 Å². The van der Waals surface area contributed by atoms with E-state index in [9.17, 15) is 13.6 Å². The van der Waals surface area contributed by atoms with Crippen molar-refractivity contribution in [3.05, 3.63) is 71.3 Å². The van der Waals surface area contributed by atoms with Crippen molar-refractivity contribution in [2.45, 2.75) is 0 Å². The van der Waals surface area contributed by atoms with E-state index in [4.69, 9.17) is 32.7 Å². The van der Waals surface area contributed by atoms with Gasteiger partial charge < -0.3 is 9.47 Å². The minimum Gasteiger partial charge on any atom is -0.494 e. The molecule has 0 amide bonds. The summed E-state index contributed by atoms with van der Waals surface area (Å²) in [6.07, 6.45) is 2.18. The molecule has 0 aliphatic rings. The van der Waals surface area contributed by atoms with E-state index in [1.54, 1.807) is 0 Å². The largest absolute Gasteiger partial charge is 0.494 e. The highest BCUT2D eigenvalue weighted by Gasteiger charge is 2.09. The van der Waals surface area contributed by atoms with Gasteiger partial charge in [0.1, 0.15) is 0 Å². The number of ether oxygens (including phenoxy) is 2. The highest BCUT2D eigenvalue weighted by molar-refractivity contribution is 6.52. The minimum atomic E-state index is -0.605. The summed E-state index contributed by atoms with van der Waals surface area (Å²) < 4.78 is 37.0. The lowest BCUT2D eigenvalue weighted by atomic mass is 10.1. The van der Waals surface area contributed by atoms with E-state index >= 15 is 0 Å². The molecule has 0 N–H and O–H groups in total. The minimum absolute atomic E-state index is 0.0261. The highest BCUT2D eigenvalue weighted by Crippen LogP contribution is 2.27. The van der Waals surface area contributed by atoms with Crippen LogP contribution < -0.4 is 9.47 Å². The normalized spacial score (nSPS) is 12.1. The molecule has 0 saturated carbocycles. The quantitative estimate of drug-likeness (QED) is 0.610. The van der Waals surface area contributed by atoms with Gasteiger partial charge in [0.05, 0.1) is 24.3 Å². The second-order valence-corrected chi connectivity index (χ2v) is 5.90. The first-order valence-corrected chi connectivity index (χ1v) is 8.07. The molecule has 0 fully saturated rings. The number of ketones is 1. The second kappa shape index (κ2) is 8.83. The zero-order valence-corrected chi connectivity index (χ0v) is 15.4. The number of allylic oxidation sites excluding steroid dienone is 2. The Balaban J connectivity index is 2.22. The van der Waals surface area contributed by atoms with Crippen molar-refractivity contribution < 1.29 is 23.0 Å². The molecule has 0 aliphatic carbocycles. The smallest absolute Gasteiger partial charge is 0.181 e. The molecule has 0 unspecified atom stereocenters. The molecule has 2 aromatic carbocycles. The lowest BCUT2D eigenvalue weighted by molar-refractivity contribution is -0.110. The maximum Gasteiger partial charge on any atom is 0.181 e. The third-order valence-corrected chi connectivity index (χ3v) is 4.05. The summed E-state index contributed by atoms with van der Waals surface area (Å²) in [6, 6.07) is 8.11. The number of benzene rings is 2. The van der Waals surface area contributed by atoms with Gasteiger partial charge in [0.2, 0.25) is 0 Å². The number of methoxy groups -OCH3 is 2. The molecule has 0 radical (unpaired) electrons. The Bertz CT molecular complexity index is 821. The molecule has 0 aliphatic heterocycles. The standard InChI is InChI=1S/C19H14Cl2F2O3/c1-25-18-5-3-11(7-16(18)22)14(20)9-13(24)10-15(21)12-4-6-19(26-2)17(23)8-12/h3-10H,1-2H3. The van der Waals surface area contributed by atoms with Crippen molar-refractivity contribution in [1.82, 2.24) is 0 Å². The summed E-state index contributed by atoms with van der Waals surface area (Å²) in [6.45, 7) is 0. The third kappa shape index (κ3) is 4.84. The molecule has 3 nitrogen and oxygen atoms in total. The number of hydrogen-bond donors (Lipinski definition) is 0. The molecule has 136 valence electrons. The van der Waals surface area contributed by atoms with E-state index in [0.717, 1.165) is 24.3 Å². The summed E-state index contributed by atoms with van der Waals surface area (Å²) in [5, 5.41) is 0.0522. The molecule has 0 atom stereocenters. The SMILES string of the molecule is COc1ccc(C(Cl)=CC(=O)C=C(Cl)c2ccc(OC)c(F)c2)cc1F. The molecular formula is C19H14Cl2F2O3. The van der Waals surface area contributed by atoms with E-state index in [2.05, 4.69) is 0 Å². The van der Waals surface area contributed by atoms with Crippen LogP contribution in [0.5, 0.6) is 11.5 Å². The average Bonchev–Trinajstić information content (AvgIpc) is 2.61. The van der Waals surface area contributed by atoms with Crippen LogP contribution in [0.3, 0.4) is 0 Å². The topological polar surface area (TPSA) is 35.5 Å². The molecule has 0 saturated heterocycles. The number of carbonyl (C=O) groups excluding carboxylic acids is 1. The van der Waals surface area contributed by atoms with Crippen LogP contribution in [0, 0.1) is 11.6 Å². The summed E-state index contributed by atoms with van der Waals surface area (Å²) in [7, 11) is 2.68. The fourth-order valence-corrected chi connectivity index (χ4v) is 2.54. The molecule has 0 bridgehead atoms. The monoisotopic (exact) mass is 398 g/mol. The van der Waals surface area contributed by atoms with E-state index in [-0.39, 0.29) is 21.6 Å². The van der Waals surface area contributed by atoms with Crippen LogP contribution in [0.1, 0.15) is 11.1 Å². The number of hydrogen-bond acceptors (Lipinski definition) is 3. The Morgan fingerprint density at radius 1 is 0.846 bits per heavy atom. The Hall–Kier alpha value is -2.37. The van der Waals surface area contributed by atoms with E-state index in [0.29, 0.717) is 11.1 Å². The third-order valence-electron chi connectivity index (χ3n) is 3.39. The Morgan fingerprint density at radius 2 is 1.23 bits per heavy atom. The number of halogens is 4. The Morgan fingerprint density at radius 3 is 1.54 bits per heavy atom. The van der Waals surface area contributed by atoms with Crippen molar-refractivity contribution >= 4 is 39.0 Å². The molecular weight excluding hydrogens is 385 g/mol. The first-order valence-electron chi connectivity index (χ1n) is 7.32. The fraction of sp³-hybridized carbons (Fsp3) is 0.105. The molecule has 2 aromatic rings. The van der Waals surface area contributed by atoms with Crippen molar-refractivity contribution in [3.8, 4) is 11.5 Å². The maximum absolute atomic E-state index is 13.7. The van der Waals surface area contributed by atoms with Gasteiger partial charge in [-0.2, -0.15) is 0 Å². The van der Waals surface area contributed by atoms with Gasteiger partial charge in [0.25, 0.3) is 0 Å². The second-order valence-electron chi connectivity index (χ2n) is 5.09.